The SMILES string of the molecule is N#Cc1cccc(C(N)CC(F)(F)F)c1. The molecule has 0 amide bonds. The molecule has 0 aliphatic heterocycles. The van der Waals surface area contributed by atoms with Crippen molar-refractivity contribution in [2.75, 3.05) is 0 Å². The smallest absolute Gasteiger partial charge is 0.324 e. The van der Waals surface area contributed by atoms with Crippen molar-refractivity contribution in [3.05, 3.63) is 35.4 Å². The number of hydrogen-bond donors (Lipinski definition) is 1. The zero-order valence-corrected chi connectivity index (χ0v) is 7.75. The maximum atomic E-state index is 12.0. The van der Waals surface area contributed by atoms with Gasteiger partial charge in [-0.2, -0.15) is 18.4 Å². The topological polar surface area (TPSA) is 49.8 Å². The quantitative estimate of drug-likeness (QED) is 0.822. The first-order valence-corrected chi connectivity index (χ1v) is 4.25. The number of hydrogen-bond acceptors (Lipinski definition) is 2. The first-order chi connectivity index (χ1) is 6.92. The van der Waals surface area contributed by atoms with E-state index in [4.69, 9.17) is 11.0 Å². The van der Waals surface area contributed by atoms with Crippen LogP contribution in [0.4, 0.5) is 13.2 Å². The highest BCUT2D eigenvalue weighted by Gasteiger charge is 2.30. The highest BCUT2D eigenvalue weighted by atomic mass is 19.4. The molecule has 1 unspecified atom stereocenters. The fraction of sp³-hybridized carbons (Fsp3) is 0.300. The van der Waals surface area contributed by atoms with E-state index in [0.29, 0.717) is 11.1 Å². The number of rotatable bonds is 2. The lowest BCUT2D eigenvalue weighted by Crippen LogP contribution is -2.20. The van der Waals surface area contributed by atoms with Crippen molar-refractivity contribution in [2.24, 2.45) is 5.73 Å². The third-order valence-electron chi connectivity index (χ3n) is 1.90. The normalized spacial score (nSPS) is 13.3. The fourth-order valence-electron chi connectivity index (χ4n) is 1.21. The van der Waals surface area contributed by atoms with Gasteiger partial charge in [-0.25, -0.2) is 0 Å². The Balaban J connectivity index is 2.83. The van der Waals surface area contributed by atoms with E-state index in [0.717, 1.165) is 0 Å². The molecule has 80 valence electrons. The number of nitriles is 1. The van der Waals surface area contributed by atoms with Crippen LogP contribution in [0.1, 0.15) is 23.6 Å². The van der Waals surface area contributed by atoms with Gasteiger partial charge in [-0.3, -0.25) is 0 Å². The molecule has 0 aliphatic carbocycles. The Labute approximate surface area is 85.1 Å². The van der Waals surface area contributed by atoms with Gasteiger partial charge in [0.2, 0.25) is 0 Å². The Morgan fingerprint density at radius 3 is 2.60 bits per heavy atom. The van der Waals surface area contributed by atoms with Gasteiger partial charge in [0.1, 0.15) is 0 Å². The predicted molar refractivity (Wildman–Crippen MR) is 48.8 cm³/mol. The number of alkyl halides is 3. The zero-order valence-electron chi connectivity index (χ0n) is 7.75. The molecular weight excluding hydrogens is 205 g/mol. The summed E-state index contributed by atoms with van der Waals surface area (Å²) in [6.07, 6.45) is -5.37. The number of halogens is 3. The van der Waals surface area contributed by atoms with E-state index >= 15 is 0 Å². The van der Waals surface area contributed by atoms with Crippen molar-refractivity contribution >= 4 is 0 Å². The Morgan fingerprint density at radius 2 is 2.07 bits per heavy atom. The number of benzene rings is 1. The summed E-state index contributed by atoms with van der Waals surface area (Å²) in [7, 11) is 0. The fourth-order valence-corrected chi connectivity index (χ4v) is 1.21. The minimum atomic E-state index is -4.29. The molecule has 2 nitrogen and oxygen atoms in total. The molecule has 0 aliphatic rings. The molecule has 1 aromatic rings. The monoisotopic (exact) mass is 214 g/mol. The Kier molecular flexibility index (Phi) is 3.32. The highest BCUT2D eigenvalue weighted by Crippen LogP contribution is 2.27. The van der Waals surface area contributed by atoms with Gasteiger partial charge in [-0.05, 0) is 17.7 Å². The zero-order chi connectivity index (χ0) is 11.5. The van der Waals surface area contributed by atoms with E-state index in [1.165, 1.54) is 24.3 Å². The van der Waals surface area contributed by atoms with Crippen LogP contribution in [0.25, 0.3) is 0 Å². The molecule has 0 radical (unpaired) electrons. The summed E-state index contributed by atoms with van der Waals surface area (Å²) in [5.41, 5.74) is 6.01. The van der Waals surface area contributed by atoms with Crippen LogP contribution in [0, 0.1) is 11.3 Å². The lowest BCUT2D eigenvalue weighted by molar-refractivity contribution is -0.138. The van der Waals surface area contributed by atoms with Gasteiger partial charge in [-0.15, -0.1) is 0 Å². The van der Waals surface area contributed by atoms with Gasteiger partial charge in [-0.1, -0.05) is 12.1 Å². The lowest BCUT2D eigenvalue weighted by Gasteiger charge is -2.14. The second-order valence-electron chi connectivity index (χ2n) is 3.16. The molecule has 1 rings (SSSR count). The minimum Gasteiger partial charge on any atom is -0.324 e. The van der Waals surface area contributed by atoms with E-state index in [2.05, 4.69) is 0 Å². The molecule has 0 saturated carbocycles. The van der Waals surface area contributed by atoms with Crippen molar-refractivity contribution in [3.63, 3.8) is 0 Å². The van der Waals surface area contributed by atoms with Crippen molar-refractivity contribution in [1.82, 2.24) is 0 Å². The summed E-state index contributed by atoms with van der Waals surface area (Å²) < 4.78 is 36.1. The highest BCUT2D eigenvalue weighted by molar-refractivity contribution is 5.34. The molecule has 0 aromatic heterocycles. The van der Waals surface area contributed by atoms with Crippen molar-refractivity contribution in [3.8, 4) is 6.07 Å². The summed E-state index contributed by atoms with van der Waals surface area (Å²) in [4.78, 5) is 0. The largest absolute Gasteiger partial charge is 0.390 e. The standard InChI is InChI=1S/C10H9F3N2/c11-10(12,13)5-9(15)8-3-1-2-7(4-8)6-14/h1-4,9H,5,15H2. The van der Waals surface area contributed by atoms with Crippen molar-refractivity contribution in [1.29, 1.82) is 5.26 Å². The van der Waals surface area contributed by atoms with Crippen LogP contribution in [0.5, 0.6) is 0 Å². The van der Waals surface area contributed by atoms with Gasteiger partial charge >= 0.3 is 6.18 Å². The average molecular weight is 214 g/mol. The first-order valence-electron chi connectivity index (χ1n) is 4.25. The summed E-state index contributed by atoms with van der Waals surface area (Å²) in [6.45, 7) is 0. The molecule has 15 heavy (non-hydrogen) atoms. The van der Waals surface area contributed by atoms with Gasteiger partial charge < -0.3 is 5.73 Å². The van der Waals surface area contributed by atoms with Gasteiger partial charge in [0.05, 0.1) is 18.1 Å². The van der Waals surface area contributed by atoms with Crippen LogP contribution in [0.15, 0.2) is 24.3 Å². The van der Waals surface area contributed by atoms with E-state index < -0.39 is 18.6 Å². The lowest BCUT2D eigenvalue weighted by atomic mass is 10.0. The molecule has 0 spiro atoms. The molecule has 1 atom stereocenters. The minimum absolute atomic E-state index is 0.310. The molecule has 0 saturated heterocycles. The maximum absolute atomic E-state index is 12.0. The van der Waals surface area contributed by atoms with E-state index in [1.54, 1.807) is 0 Å². The van der Waals surface area contributed by atoms with Crippen LogP contribution >= 0.6 is 0 Å². The summed E-state index contributed by atoms with van der Waals surface area (Å²) >= 11 is 0. The van der Waals surface area contributed by atoms with Crippen LogP contribution in [0.3, 0.4) is 0 Å². The third-order valence-corrected chi connectivity index (χ3v) is 1.90. The third kappa shape index (κ3) is 3.60. The maximum Gasteiger partial charge on any atom is 0.390 e. The van der Waals surface area contributed by atoms with Gasteiger partial charge in [0.25, 0.3) is 0 Å². The Hall–Kier alpha value is -1.54. The predicted octanol–water partition coefficient (Wildman–Crippen LogP) is 2.51. The van der Waals surface area contributed by atoms with E-state index in [9.17, 15) is 13.2 Å². The summed E-state index contributed by atoms with van der Waals surface area (Å²) in [6, 6.07) is 6.63. The molecular formula is C10H9F3N2. The van der Waals surface area contributed by atoms with Gasteiger partial charge in [0, 0.05) is 6.04 Å². The van der Waals surface area contributed by atoms with E-state index in [-0.39, 0.29) is 0 Å². The molecule has 5 heteroatoms. The Bertz CT molecular complexity index is 379. The van der Waals surface area contributed by atoms with Crippen LogP contribution in [-0.4, -0.2) is 6.18 Å². The van der Waals surface area contributed by atoms with Crippen molar-refractivity contribution in [2.45, 2.75) is 18.6 Å². The average Bonchev–Trinajstić information content (AvgIpc) is 2.15. The number of nitrogens with zero attached hydrogens (tertiary/aromatic N) is 1. The van der Waals surface area contributed by atoms with Crippen LogP contribution in [-0.2, 0) is 0 Å². The molecule has 2 N–H and O–H groups in total. The molecule has 1 aromatic carbocycles. The van der Waals surface area contributed by atoms with Crippen LogP contribution in [0.2, 0.25) is 0 Å². The molecule has 0 bridgehead atoms. The van der Waals surface area contributed by atoms with Crippen molar-refractivity contribution < 1.29 is 13.2 Å². The molecule has 0 fully saturated rings. The Morgan fingerprint density at radius 1 is 1.40 bits per heavy atom. The summed E-state index contributed by atoms with van der Waals surface area (Å²) in [5, 5.41) is 8.56. The first kappa shape index (κ1) is 11.5. The second kappa shape index (κ2) is 4.32. The van der Waals surface area contributed by atoms with Crippen LogP contribution < -0.4 is 5.73 Å². The number of nitrogens with two attached hydrogens (primary N) is 1. The van der Waals surface area contributed by atoms with E-state index in [1.807, 2.05) is 6.07 Å². The second-order valence-corrected chi connectivity index (χ2v) is 3.16. The molecule has 0 heterocycles. The summed E-state index contributed by atoms with van der Waals surface area (Å²) in [5.74, 6) is 0. The van der Waals surface area contributed by atoms with Gasteiger partial charge in [0.15, 0.2) is 0 Å².